The zero-order chi connectivity index (χ0) is 17.0. The maximum absolute atomic E-state index is 14.5. The van der Waals surface area contributed by atoms with Gasteiger partial charge in [0.15, 0.2) is 6.29 Å². The fourth-order valence-corrected chi connectivity index (χ4v) is 5.20. The van der Waals surface area contributed by atoms with Crippen LogP contribution < -0.4 is 0 Å². The lowest BCUT2D eigenvalue weighted by atomic mass is 9.50. The normalized spacial score (nSPS) is 40.5. The molecule has 0 bridgehead atoms. The number of ether oxygens (including phenoxy) is 2. The Bertz CT molecular complexity index is 564. The average molecular weight is 376 g/mol. The Kier molecular flexibility index (Phi) is 4.50. The van der Waals surface area contributed by atoms with Crippen LogP contribution in [0.1, 0.15) is 32.1 Å². The molecule has 7 atom stereocenters. The second-order valence-corrected chi connectivity index (χ2v) is 8.94. The van der Waals surface area contributed by atoms with Crippen molar-refractivity contribution >= 4 is 19.4 Å². The van der Waals surface area contributed by atoms with Gasteiger partial charge in [0.25, 0.3) is 0 Å². The van der Waals surface area contributed by atoms with E-state index in [-0.39, 0.29) is 30.7 Å². The summed E-state index contributed by atoms with van der Waals surface area (Å²) in [5.74, 6) is -1.56. The van der Waals surface area contributed by atoms with Crippen molar-refractivity contribution in [1.29, 1.82) is 0 Å². The smallest absolute Gasteiger partial charge is 0.353 e. The Balaban J connectivity index is 1.58. The van der Waals surface area contributed by atoms with E-state index in [1.54, 1.807) is 0 Å². The molecule has 0 aromatic heterocycles. The van der Waals surface area contributed by atoms with E-state index < -0.39 is 26.7 Å². The van der Waals surface area contributed by atoms with E-state index in [0.717, 1.165) is 19.3 Å². The molecule has 1 N–H and O–H groups in total. The molecule has 3 fully saturated rings. The summed E-state index contributed by atoms with van der Waals surface area (Å²) >= 11 is 0. The highest BCUT2D eigenvalue weighted by atomic mass is 32.2. The Hall–Kier alpha value is 0.0500. The highest BCUT2D eigenvalue weighted by Gasteiger charge is 2.71. The van der Waals surface area contributed by atoms with Crippen molar-refractivity contribution in [2.45, 2.75) is 55.2 Å². The molecule has 3 rings (SSSR count). The minimum atomic E-state index is -5.81. The predicted octanol–water partition coefficient (Wildman–Crippen LogP) is 2.58. The number of hydrogen-bond donors (Lipinski definition) is 1. The molecule has 1 aliphatic heterocycles. The lowest BCUT2D eigenvalue weighted by Crippen LogP contribution is -2.65. The first-order valence-electron chi connectivity index (χ1n) is 7.65. The lowest BCUT2D eigenvalue weighted by molar-refractivity contribution is -0.270. The van der Waals surface area contributed by atoms with Crippen molar-refractivity contribution in [2.24, 2.45) is 17.8 Å². The van der Waals surface area contributed by atoms with Gasteiger partial charge in [-0.1, -0.05) is 9.24 Å². The number of hydrogen-bond acceptors (Lipinski definition) is 4. The van der Waals surface area contributed by atoms with E-state index in [4.69, 9.17) is 14.0 Å². The van der Waals surface area contributed by atoms with Crippen molar-refractivity contribution in [3.8, 4) is 0 Å². The topological polar surface area (TPSA) is 72.8 Å². The average Bonchev–Trinajstić information content (AvgIpc) is 2.43. The third-order valence-corrected chi connectivity index (χ3v) is 7.31. The fourth-order valence-electron chi connectivity index (χ4n) is 3.83. The maximum Gasteiger partial charge on any atom is 0.406 e. The van der Waals surface area contributed by atoms with Gasteiger partial charge in [0.1, 0.15) is 0 Å². The molecule has 5 nitrogen and oxygen atoms in total. The summed E-state index contributed by atoms with van der Waals surface area (Å²) in [4.78, 5) is 0. The highest BCUT2D eigenvalue weighted by molar-refractivity contribution is 7.87. The molecule has 0 amide bonds. The Morgan fingerprint density at radius 3 is 2.35 bits per heavy atom. The molecule has 134 valence electrons. The van der Waals surface area contributed by atoms with Gasteiger partial charge in [-0.05, 0) is 43.9 Å². The van der Waals surface area contributed by atoms with Crippen LogP contribution in [0, 0.1) is 17.8 Å². The maximum atomic E-state index is 14.5. The van der Waals surface area contributed by atoms with Crippen molar-refractivity contribution in [1.82, 2.24) is 0 Å². The quantitative estimate of drug-likeness (QED) is 0.590. The molecule has 0 aromatic rings. The number of rotatable bonds is 5. The number of halogens is 3. The molecule has 10 heteroatoms. The molecule has 0 aromatic carbocycles. The van der Waals surface area contributed by atoms with Crippen molar-refractivity contribution in [3.05, 3.63) is 0 Å². The highest BCUT2D eigenvalue weighted by Crippen LogP contribution is 2.64. The third kappa shape index (κ3) is 2.82. The van der Waals surface area contributed by atoms with Crippen molar-refractivity contribution in [2.75, 3.05) is 6.61 Å². The minimum absolute atomic E-state index is 0.0570. The molecular formula is C13H20F3O5PS. The van der Waals surface area contributed by atoms with Gasteiger partial charge in [-0.15, -0.1) is 0 Å². The summed E-state index contributed by atoms with van der Waals surface area (Å²) in [5.41, 5.74) is 0. The molecule has 2 saturated carbocycles. The summed E-state index contributed by atoms with van der Waals surface area (Å²) in [6.45, 7) is 0.633. The molecule has 0 radical (unpaired) electrons. The molecule has 2 aliphatic carbocycles. The van der Waals surface area contributed by atoms with E-state index in [9.17, 15) is 21.6 Å². The van der Waals surface area contributed by atoms with Gasteiger partial charge in [-0.25, -0.2) is 4.39 Å². The second kappa shape index (κ2) is 5.80. The molecule has 3 aliphatic rings. The van der Waals surface area contributed by atoms with Crippen LogP contribution in [-0.2, 0) is 19.6 Å². The molecule has 23 heavy (non-hydrogen) atoms. The zero-order valence-electron chi connectivity index (χ0n) is 12.3. The Labute approximate surface area is 135 Å². The van der Waals surface area contributed by atoms with Gasteiger partial charge < -0.3 is 9.47 Å². The number of alkyl halides is 3. The van der Waals surface area contributed by atoms with E-state index in [1.807, 2.05) is 0 Å². The molecule has 1 saturated heterocycles. The van der Waals surface area contributed by atoms with Crippen LogP contribution in [0.25, 0.3) is 0 Å². The van der Waals surface area contributed by atoms with Crippen molar-refractivity contribution < 1.29 is 35.6 Å². The third-order valence-electron chi connectivity index (χ3n) is 5.35. The standard InChI is InChI=1S/C13H20F3O5PS/c14-12(22,13(15,16)23(17,18)19)9-5-8-7(9)6-10(8)21-11-3-1-2-4-20-11/h7-11H,1-6,22H2,(H,17,18,19). The van der Waals surface area contributed by atoms with Gasteiger partial charge in [0, 0.05) is 12.5 Å². The Morgan fingerprint density at radius 1 is 1.17 bits per heavy atom. The zero-order valence-corrected chi connectivity index (χ0v) is 14.3. The van der Waals surface area contributed by atoms with Gasteiger partial charge in [-0.3, -0.25) is 4.55 Å². The first-order chi connectivity index (χ1) is 10.6. The van der Waals surface area contributed by atoms with Gasteiger partial charge >= 0.3 is 15.4 Å². The lowest BCUT2D eigenvalue weighted by Gasteiger charge is -2.61. The SMILES string of the molecule is O=S(=O)(O)C(F)(F)C(F)(P)C1CC2C(OC3CCCCO3)CC21. The number of fused-ring (bicyclic) bond motifs is 1. The summed E-state index contributed by atoms with van der Waals surface area (Å²) in [6, 6.07) is 0. The first-order valence-corrected chi connectivity index (χ1v) is 9.67. The van der Waals surface area contributed by atoms with Crippen LogP contribution in [0.15, 0.2) is 0 Å². The van der Waals surface area contributed by atoms with Crippen LogP contribution >= 0.6 is 9.24 Å². The van der Waals surface area contributed by atoms with E-state index in [1.165, 1.54) is 9.24 Å². The summed E-state index contributed by atoms with van der Waals surface area (Å²) in [5, 5.41) is -8.23. The van der Waals surface area contributed by atoms with Gasteiger partial charge in [-0.2, -0.15) is 17.2 Å². The fraction of sp³-hybridized carbons (Fsp3) is 1.00. The minimum Gasteiger partial charge on any atom is -0.353 e. The van der Waals surface area contributed by atoms with E-state index >= 15 is 0 Å². The largest absolute Gasteiger partial charge is 0.406 e. The summed E-state index contributed by atoms with van der Waals surface area (Å²) < 4.78 is 83.3. The van der Waals surface area contributed by atoms with E-state index in [2.05, 4.69) is 0 Å². The monoisotopic (exact) mass is 376 g/mol. The van der Waals surface area contributed by atoms with Crippen LogP contribution in [-0.4, -0.2) is 42.6 Å². The first kappa shape index (κ1) is 17.9. The predicted molar refractivity (Wildman–Crippen MR) is 78.2 cm³/mol. The van der Waals surface area contributed by atoms with Crippen LogP contribution in [0.3, 0.4) is 0 Å². The van der Waals surface area contributed by atoms with Gasteiger partial charge in [0.05, 0.1) is 6.10 Å². The second-order valence-electron chi connectivity index (χ2n) is 6.64. The van der Waals surface area contributed by atoms with Crippen LogP contribution in [0.4, 0.5) is 13.2 Å². The van der Waals surface area contributed by atoms with Gasteiger partial charge in [0.2, 0.25) is 5.41 Å². The molecular weight excluding hydrogens is 356 g/mol. The Morgan fingerprint density at radius 2 is 1.87 bits per heavy atom. The summed E-state index contributed by atoms with van der Waals surface area (Å²) in [6.07, 6.45) is 2.84. The van der Waals surface area contributed by atoms with E-state index in [0.29, 0.717) is 13.0 Å². The summed E-state index contributed by atoms with van der Waals surface area (Å²) in [7, 11) is -4.52. The molecule has 0 spiro atoms. The molecule has 7 unspecified atom stereocenters. The molecule has 1 heterocycles. The van der Waals surface area contributed by atoms with Crippen molar-refractivity contribution in [3.63, 3.8) is 0 Å². The van der Waals surface area contributed by atoms with Crippen LogP contribution in [0.5, 0.6) is 0 Å². The van der Waals surface area contributed by atoms with Crippen LogP contribution in [0.2, 0.25) is 0 Å².